The van der Waals surface area contributed by atoms with Crippen molar-refractivity contribution in [3.8, 4) is 0 Å². The summed E-state index contributed by atoms with van der Waals surface area (Å²) in [7, 11) is 0. The molecule has 0 aromatic carbocycles. The highest BCUT2D eigenvalue weighted by atomic mass is 16.4. The van der Waals surface area contributed by atoms with Gasteiger partial charge in [0, 0.05) is 32.4 Å². The molecule has 1 fully saturated rings. The van der Waals surface area contributed by atoms with Gasteiger partial charge in [0.2, 0.25) is 59.1 Å². The Balaban J connectivity index is 3.31. The van der Waals surface area contributed by atoms with Crippen LogP contribution in [0.4, 0.5) is 0 Å². The first kappa shape index (κ1) is 64.8. The van der Waals surface area contributed by atoms with E-state index in [1.165, 1.54) is 6.92 Å². The third-order valence-corrected chi connectivity index (χ3v) is 11.5. The molecule has 0 radical (unpaired) electrons. The molecule has 0 spiro atoms. The Hall–Kier alpha value is -7.25. The minimum atomic E-state index is -1.88. The van der Waals surface area contributed by atoms with E-state index in [1.807, 2.05) is 0 Å². The zero-order valence-corrected chi connectivity index (χ0v) is 41.7. The topological polar surface area (TPSA) is 542 Å². The molecule has 11 atom stereocenters. The number of nitrogens with one attached hydrogen (secondary N) is 7. The number of aliphatic imine (C=N–C) groups is 1. The first-order chi connectivity index (χ1) is 34.6. The van der Waals surface area contributed by atoms with Crippen molar-refractivity contribution in [3.63, 3.8) is 0 Å². The predicted octanol–water partition coefficient (Wildman–Crippen LogP) is -7.86. The van der Waals surface area contributed by atoms with E-state index in [0.717, 1.165) is 18.7 Å². The fourth-order valence-electron chi connectivity index (χ4n) is 7.33. The SMILES string of the molecule is CC(NC(=O)C(CCCN=C(N)N)NC(=O)C(NC(=O)C(NC(=O)C1CCCN1C(=O)C(CCC(N)=O)NC(=O)C(N)CCC(=O)O)C(C)O)C(C)O)C(=O)NC(CCC(N)=O)C(=O)NC(CCCCN)C(=O)O. The van der Waals surface area contributed by atoms with Crippen LogP contribution in [-0.4, -0.2) is 189 Å². The van der Waals surface area contributed by atoms with E-state index in [0.29, 0.717) is 12.8 Å². The molecule has 0 saturated carbocycles. The number of carboxylic acid groups (broad SMARTS) is 2. The molecule has 1 heterocycles. The van der Waals surface area contributed by atoms with Crippen molar-refractivity contribution in [1.82, 2.24) is 42.1 Å². The molecule has 1 aliphatic heterocycles. The van der Waals surface area contributed by atoms with Crippen molar-refractivity contribution < 1.29 is 78.0 Å². The van der Waals surface area contributed by atoms with Crippen molar-refractivity contribution in [3.05, 3.63) is 0 Å². The van der Waals surface area contributed by atoms with E-state index >= 15 is 0 Å². The number of primary amides is 2. The zero-order chi connectivity index (χ0) is 56.4. The Labute approximate surface area is 426 Å². The first-order valence-corrected chi connectivity index (χ1v) is 23.9. The lowest BCUT2D eigenvalue weighted by Gasteiger charge is -2.31. The third-order valence-electron chi connectivity index (χ3n) is 11.5. The van der Waals surface area contributed by atoms with Gasteiger partial charge in [-0.05, 0) is 91.5 Å². The van der Waals surface area contributed by atoms with Crippen LogP contribution in [0.2, 0.25) is 0 Å². The average molecular weight is 1060 g/mol. The molecule has 23 N–H and O–H groups in total. The Morgan fingerprint density at radius 3 is 1.62 bits per heavy atom. The number of nitrogens with two attached hydrogens (primary N) is 6. The summed E-state index contributed by atoms with van der Waals surface area (Å²) in [5, 5.41) is 56.4. The van der Waals surface area contributed by atoms with Crippen molar-refractivity contribution in [2.24, 2.45) is 39.4 Å². The van der Waals surface area contributed by atoms with E-state index < -0.39 is 150 Å². The normalized spacial score (nSPS) is 17.1. The standard InChI is InChI=1S/C43H75N15O16/c1-20(34(65)52-25(12-14-29(46)61)37(68)55-27(42(73)74)8-4-5-17-44)51-36(67)24(9-6-18-50-43(48)49)53-39(70)32(21(2)59)57-40(71)33(22(3)60)56-38(69)28-10-7-19-58(28)41(72)26(13-15-30(47)62)54-35(66)23(45)11-16-31(63)64/h20-28,32-33,59-60H,4-19,44-45H2,1-3H3,(H2,46,61)(H2,47,62)(H,51,67)(H,52,65)(H,53,70)(H,54,66)(H,55,68)(H,56,69)(H,57,71)(H,63,64)(H,73,74)(H4,48,49,50). The van der Waals surface area contributed by atoms with Crippen LogP contribution in [0, 0.1) is 0 Å². The average Bonchev–Trinajstić information content (AvgIpc) is 3.81. The minimum absolute atomic E-state index is 0.00341. The highest BCUT2D eigenvalue weighted by molar-refractivity contribution is 5.98. The molecular formula is C43H75N15O16. The number of amides is 10. The molecule has 31 nitrogen and oxygen atoms in total. The van der Waals surface area contributed by atoms with Gasteiger partial charge in [-0.3, -0.25) is 57.7 Å². The molecule has 1 saturated heterocycles. The monoisotopic (exact) mass is 1060 g/mol. The largest absolute Gasteiger partial charge is 0.481 e. The lowest BCUT2D eigenvalue weighted by Crippen LogP contribution is -2.63. The molecule has 0 aromatic rings. The number of rotatable bonds is 35. The summed E-state index contributed by atoms with van der Waals surface area (Å²) in [5.74, 6) is -12.6. The van der Waals surface area contributed by atoms with Crippen molar-refractivity contribution in [1.29, 1.82) is 0 Å². The fourth-order valence-corrected chi connectivity index (χ4v) is 7.33. The quantitative estimate of drug-likeness (QED) is 0.0159. The van der Waals surface area contributed by atoms with Crippen LogP contribution in [0.3, 0.4) is 0 Å². The van der Waals surface area contributed by atoms with Gasteiger partial charge in [0.15, 0.2) is 5.96 Å². The Kier molecular flexibility index (Phi) is 28.7. The molecule has 418 valence electrons. The highest BCUT2D eigenvalue weighted by Crippen LogP contribution is 2.21. The Morgan fingerprint density at radius 2 is 1.08 bits per heavy atom. The fraction of sp³-hybridized carbons (Fsp3) is 0.698. The van der Waals surface area contributed by atoms with Gasteiger partial charge in [-0.25, -0.2) is 4.79 Å². The third kappa shape index (κ3) is 23.5. The number of guanidine groups is 1. The smallest absolute Gasteiger partial charge is 0.326 e. The van der Waals surface area contributed by atoms with Gasteiger partial charge < -0.3 is 96.9 Å². The van der Waals surface area contributed by atoms with Gasteiger partial charge in [0.05, 0.1) is 18.2 Å². The summed E-state index contributed by atoms with van der Waals surface area (Å²) >= 11 is 0. The Bertz CT molecular complexity index is 2020. The highest BCUT2D eigenvalue weighted by Gasteiger charge is 2.41. The summed E-state index contributed by atoms with van der Waals surface area (Å²) in [5.41, 5.74) is 32.6. The molecule has 74 heavy (non-hydrogen) atoms. The van der Waals surface area contributed by atoms with Gasteiger partial charge in [0.25, 0.3) is 0 Å². The number of likely N-dealkylation sites (tertiary alicyclic amines) is 1. The summed E-state index contributed by atoms with van der Waals surface area (Å²) in [6, 6.07) is -13.7. The minimum Gasteiger partial charge on any atom is -0.481 e. The molecule has 1 rings (SSSR count). The van der Waals surface area contributed by atoms with Gasteiger partial charge in [-0.15, -0.1) is 0 Å². The molecule has 10 amide bonds. The van der Waals surface area contributed by atoms with E-state index in [2.05, 4.69) is 42.2 Å². The zero-order valence-electron chi connectivity index (χ0n) is 41.7. The molecule has 0 aliphatic carbocycles. The second-order valence-corrected chi connectivity index (χ2v) is 17.7. The van der Waals surface area contributed by atoms with Crippen molar-refractivity contribution in [2.45, 2.75) is 171 Å². The molecule has 1 aliphatic rings. The van der Waals surface area contributed by atoms with Gasteiger partial charge >= 0.3 is 11.9 Å². The van der Waals surface area contributed by atoms with Crippen LogP contribution in [-0.2, 0) is 57.5 Å². The first-order valence-electron chi connectivity index (χ1n) is 23.9. The number of unbranched alkanes of at least 4 members (excludes halogenated alkanes) is 1. The van der Waals surface area contributed by atoms with Crippen LogP contribution >= 0.6 is 0 Å². The number of carboxylic acids is 2. The number of aliphatic hydroxyl groups excluding tert-OH is 2. The summed E-state index contributed by atoms with van der Waals surface area (Å²) < 4.78 is 0. The second kappa shape index (κ2) is 32.7. The number of carbonyl (C=O) groups excluding carboxylic acids is 10. The van der Waals surface area contributed by atoms with Crippen LogP contribution in [0.15, 0.2) is 4.99 Å². The second-order valence-electron chi connectivity index (χ2n) is 17.7. The summed E-state index contributed by atoms with van der Waals surface area (Å²) in [6.45, 7) is 3.59. The maximum Gasteiger partial charge on any atom is 0.326 e. The number of hydrogen-bond donors (Lipinski definition) is 17. The molecular weight excluding hydrogens is 983 g/mol. The van der Waals surface area contributed by atoms with Crippen LogP contribution in [0.25, 0.3) is 0 Å². The van der Waals surface area contributed by atoms with E-state index in [-0.39, 0.29) is 83.4 Å². The lowest BCUT2D eigenvalue weighted by molar-refractivity contribution is -0.143. The lowest BCUT2D eigenvalue weighted by atomic mass is 10.0. The van der Waals surface area contributed by atoms with Crippen molar-refractivity contribution in [2.75, 3.05) is 19.6 Å². The molecule has 0 bridgehead atoms. The van der Waals surface area contributed by atoms with E-state index in [9.17, 15) is 72.9 Å². The Morgan fingerprint density at radius 1 is 0.581 bits per heavy atom. The summed E-state index contributed by atoms with van der Waals surface area (Å²) in [6.07, 6.45) is -4.69. The van der Waals surface area contributed by atoms with Gasteiger partial charge in [-0.2, -0.15) is 0 Å². The number of aliphatic hydroxyl groups is 2. The number of carbonyl (C=O) groups is 12. The van der Waals surface area contributed by atoms with E-state index in [4.69, 9.17) is 39.5 Å². The van der Waals surface area contributed by atoms with E-state index in [1.54, 1.807) is 0 Å². The molecule has 0 aromatic heterocycles. The van der Waals surface area contributed by atoms with Crippen LogP contribution < -0.4 is 71.6 Å². The maximum absolute atomic E-state index is 13.8. The predicted molar refractivity (Wildman–Crippen MR) is 259 cm³/mol. The molecule has 11 unspecified atom stereocenters. The van der Waals surface area contributed by atoms with Gasteiger partial charge in [-0.1, -0.05) is 0 Å². The molecule has 31 heteroatoms. The maximum atomic E-state index is 13.8. The summed E-state index contributed by atoms with van der Waals surface area (Å²) in [4.78, 5) is 159. The van der Waals surface area contributed by atoms with Gasteiger partial charge in [0.1, 0.15) is 48.3 Å². The van der Waals surface area contributed by atoms with Crippen LogP contribution in [0.5, 0.6) is 0 Å². The van der Waals surface area contributed by atoms with Crippen LogP contribution in [0.1, 0.15) is 104 Å². The number of nitrogens with zero attached hydrogens (tertiary/aromatic N) is 2. The number of hydrogen-bond acceptors (Lipinski definition) is 17. The van der Waals surface area contributed by atoms with Crippen molar-refractivity contribution >= 4 is 77.0 Å². The number of aliphatic carboxylic acids is 2.